The number of aryl methyl sites for hydroxylation is 1. The van der Waals surface area contributed by atoms with Gasteiger partial charge in [-0.15, -0.1) is 0 Å². The Morgan fingerprint density at radius 1 is 0.897 bits per heavy atom. The number of benzene rings is 3. The third-order valence-electron chi connectivity index (χ3n) is 6.50. The lowest BCUT2D eigenvalue weighted by Crippen LogP contribution is -2.44. The highest BCUT2D eigenvalue weighted by molar-refractivity contribution is 7.89. The number of anilines is 1. The molecule has 39 heavy (non-hydrogen) atoms. The largest absolute Gasteiger partial charge is 0.480 e. The van der Waals surface area contributed by atoms with Gasteiger partial charge in [0.25, 0.3) is 5.91 Å². The number of carbonyl (C=O) groups excluding carboxylic acids is 1. The number of sulfonamides is 1. The Labute approximate surface area is 226 Å². The summed E-state index contributed by atoms with van der Waals surface area (Å²) in [6, 6.07) is 17.2. The summed E-state index contributed by atoms with van der Waals surface area (Å²) in [5, 5.41) is 22.9. The number of carboxylic acid groups (broad SMARTS) is 1. The molecule has 2 atom stereocenters. The molecular formula is C29H30N2O7S. The van der Waals surface area contributed by atoms with E-state index in [4.69, 9.17) is 4.42 Å². The number of carboxylic acids is 1. The van der Waals surface area contributed by atoms with E-state index in [1.807, 2.05) is 0 Å². The van der Waals surface area contributed by atoms with E-state index < -0.39 is 40.0 Å². The van der Waals surface area contributed by atoms with Crippen LogP contribution in [0.4, 0.5) is 5.69 Å². The third kappa shape index (κ3) is 5.88. The molecule has 1 unspecified atom stereocenters. The molecule has 0 aliphatic carbocycles. The summed E-state index contributed by atoms with van der Waals surface area (Å²) in [4.78, 5) is 24.3. The predicted octanol–water partition coefficient (Wildman–Crippen LogP) is 5.10. The molecule has 4 N–H and O–H groups in total. The van der Waals surface area contributed by atoms with Gasteiger partial charge in [0.15, 0.2) is 5.76 Å². The Hall–Kier alpha value is -3.99. The zero-order valence-electron chi connectivity index (χ0n) is 21.9. The first-order valence-electron chi connectivity index (χ1n) is 12.4. The van der Waals surface area contributed by atoms with Crippen molar-refractivity contribution in [1.29, 1.82) is 0 Å². The molecule has 1 aromatic heterocycles. The van der Waals surface area contributed by atoms with Crippen LogP contribution in [0.2, 0.25) is 0 Å². The van der Waals surface area contributed by atoms with Gasteiger partial charge < -0.3 is 19.9 Å². The second-order valence-corrected chi connectivity index (χ2v) is 11.4. The van der Waals surface area contributed by atoms with Gasteiger partial charge in [-0.3, -0.25) is 9.59 Å². The number of amides is 1. The lowest BCUT2D eigenvalue weighted by Gasteiger charge is -2.18. The molecule has 0 fully saturated rings. The van der Waals surface area contributed by atoms with Gasteiger partial charge in [0.05, 0.1) is 11.0 Å². The molecule has 3 aromatic carbocycles. The molecule has 4 aromatic rings. The molecule has 204 valence electrons. The summed E-state index contributed by atoms with van der Waals surface area (Å²) < 4.78 is 33.4. The molecule has 0 saturated carbocycles. The molecule has 0 saturated heterocycles. The maximum absolute atomic E-state index is 13.0. The lowest BCUT2D eigenvalue weighted by molar-refractivity contribution is -0.140. The van der Waals surface area contributed by atoms with E-state index in [0.29, 0.717) is 22.4 Å². The van der Waals surface area contributed by atoms with E-state index >= 15 is 0 Å². The van der Waals surface area contributed by atoms with E-state index in [-0.39, 0.29) is 10.7 Å². The summed E-state index contributed by atoms with van der Waals surface area (Å²) in [5.74, 6) is -1.92. The van der Waals surface area contributed by atoms with Crippen molar-refractivity contribution in [3.05, 3.63) is 83.6 Å². The molecule has 4 rings (SSSR count). The quantitative estimate of drug-likeness (QED) is 0.227. The molecule has 1 amide bonds. The summed E-state index contributed by atoms with van der Waals surface area (Å²) in [6.45, 7) is 6.69. The van der Waals surface area contributed by atoms with Crippen molar-refractivity contribution >= 4 is 38.6 Å². The van der Waals surface area contributed by atoms with Gasteiger partial charge in [-0.1, -0.05) is 50.2 Å². The van der Waals surface area contributed by atoms with E-state index in [0.717, 1.165) is 16.5 Å². The van der Waals surface area contributed by atoms with E-state index in [2.05, 4.69) is 10.0 Å². The second-order valence-electron chi connectivity index (χ2n) is 9.69. The number of hydrogen-bond donors (Lipinski definition) is 4. The van der Waals surface area contributed by atoms with Crippen LogP contribution in [0.1, 0.15) is 48.6 Å². The predicted molar refractivity (Wildman–Crippen MR) is 148 cm³/mol. The minimum atomic E-state index is -4.02. The molecule has 0 aliphatic rings. The minimum absolute atomic E-state index is 0.0398. The smallest absolute Gasteiger partial charge is 0.322 e. The number of aliphatic hydroxyl groups is 1. The monoisotopic (exact) mass is 550 g/mol. The number of carbonyl (C=O) groups is 2. The normalized spacial score (nSPS) is 13.4. The summed E-state index contributed by atoms with van der Waals surface area (Å²) >= 11 is 0. The van der Waals surface area contributed by atoms with Gasteiger partial charge in [-0.2, -0.15) is 4.72 Å². The van der Waals surface area contributed by atoms with E-state index in [1.54, 1.807) is 82.3 Å². The third-order valence-corrected chi connectivity index (χ3v) is 7.95. The van der Waals surface area contributed by atoms with E-state index in [1.165, 1.54) is 12.1 Å². The molecule has 0 bridgehead atoms. The fourth-order valence-corrected chi connectivity index (χ4v) is 5.70. The van der Waals surface area contributed by atoms with Gasteiger partial charge >= 0.3 is 5.97 Å². The summed E-state index contributed by atoms with van der Waals surface area (Å²) in [7, 11) is -4.02. The van der Waals surface area contributed by atoms with Crippen LogP contribution in [0, 0.1) is 12.8 Å². The van der Waals surface area contributed by atoms with Crippen LogP contribution in [-0.2, 0) is 14.8 Å². The number of rotatable bonds is 9. The molecule has 0 radical (unpaired) electrons. The zero-order valence-corrected chi connectivity index (χ0v) is 22.7. The number of nitrogens with one attached hydrogen (secondary N) is 2. The molecule has 0 aliphatic heterocycles. The Morgan fingerprint density at radius 2 is 1.49 bits per heavy atom. The van der Waals surface area contributed by atoms with Crippen molar-refractivity contribution in [2.45, 2.75) is 44.7 Å². The van der Waals surface area contributed by atoms with E-state index in [9.17, 15) is 28.2 Å². The van der Waals surface area contributed by atoms with Gasteiger partial charge in [-0.05, 0) is 66.8 Å². The zero-order chi connectivity index (χ0) is 28.5. The van der Waals surface area contributed by atoms with Crippen LogP contribution < -0.4 is 10.0 Å². The number of hydrogen-bond acceptors (Lipinski definition) is 6. The SMILES string of the molecule is Cc1c(C(=O)Nc2ccc(-c3ccc(S(=O)(=O)N[C@H](C(=O)O)C(C)C)cc3)cc2)oc2cccc(C(C)O)c12. The number of fused-ring (bicyclic) bond motifs is 1. The first-order valence-corrected chi connectivity index (χ1v) is 13.8. The van der Waals surface area contributed by atoms with Crippen LogP contribution >= 0.6 is 0 Å². The number of aliphatic carboxylic acids is 1. The Morgan fingerprint density at radius 3 is 2.03 bits per heavy atom. The van der Waals surface area contributed by atoms with Crippen LogP contribution in [0.3, 0.4) is 0 Å². The van der Waals surface area contributed by atoms with Crippen molar-refractivity contribution in [2.75, 3.05) is 5.32 Å². The second kappa shape index (κ2) is 11.0. The van der Waals surface area contributed by atoms with Gasteiger partial charge in [0.1, 0.15) is 11.6 Å². The summed E-state index contributed by atoms with van der Waals surface area (Å²) in [6.07, 6.45) is -0.708. The van der Waals surface area contributed by atoms with Gasteiger partial charge in [0, 0.05) is 16.6 Å². The Kier molecular flexibility index (Phi) is 7.91. The Balaban J connectivity index is 1.49. The molecule has 10 heteroatoms. The maximum atomic E-state index is 13.0. The van der Waals surface area contributed by atoms with Crippen molar-refractivity contribution in [2.24, 2.45) is 5.92 Å². The molecule has 0 spiro atoms. The summed E-state index contributed by atoms with van der Waals surface area (Å²) in [5.41, 5.74) is 3.92. The average molecular weight is 551 g/mol. The van der Waals surface area contributed by atoms with Crippen LogP contribution in [0.15, 0.2) is 76.0 Å². The van der Waals surface area contributed by atoms with Crippen LogP contribution in [0.5, 0.6) is 0 Å². The standard InChI is InChI=1S/C29H30N2O7S/c1-16(2)26(29(34)35)31-39(36,37)22-14-10-20(11-15-22)19-8-12-21(13-9-19)30-28(33)27-17(3)25-23(18(4)32)6-5-7-24(25)38-27/h5-16,18,26,31-32H,1-4H3,(H,30,33)(H,34,35)/t18?,26-/m0/s1. The van der Waals surface area contributed by atoms with Crippen molar-refractivity contribution in [1.82, 2.24) is 4.72 Å². The highest BCUT2D eigenvalue weighted by Gasteiger charge is 2.28. The highest BCUT2D eigenvalue weighted by atomic mass is 32.2. The Bertz CT molecular complexity index is 1620. The topological polar surface area (TPSA) is 146 Å². The maximum Gasteiger partial charge on any atom is 0.322 e. The van der Waals surface area contributed by atoms with Gasteiger partial charge in [-0.25, -0.2) is 8.42 Å². The van der Waals surface area contributed by atoms with Crippen LogP contribution in [0.25, 0.3) is 22.1 Å². The average Bonchev–Trinajstić information content (AvgIpc) is 3.24. The molecule has 1 heterocycles. The minimum Gasteiger partial charge on any atom is -0.480 e. The van der Waals surface area contributed by atoms with Crippen molar-refractivity contribution in [3.8, 4) is 11.1 Å². The van der Waals surface area contributed by atoms with Gasteiger partial charge in [0.2, 0.25) is 10.0 Å². The van der Waals surface area contributed by atoms with Crippen molar-refractivity contribution in [3.63, 3.8) is 0 Å². The van der Waals surface area contributed by atoms with Crippen LogP contribution in [-0.4, -0.2) is 36.5 Å². The first-order chi connectivity index (χ1) is 18.4. The fraction of sp³-hybridized carbons (Fsp3) is 0.241. The lowest BCUT2D eigenvalue weighted by atomic mass is 10.0. The fourth-order valence-electron chi connectivity index (χ4n) is 4.37. The molecular weight excluding hydrogens is 520 g/mol. The first kappa shape index (κ1) is 28.0. The highest BCUT2D eigenvalue weighted by Crippen LogP contribution is 2.32. The molecule has 9 nitrogen and oxygen atoms in total. The number of furan rings is 1. The van der Waals surface area contributed by atoms with Crippen molar-refractivity contribution < 1.29 is 32.6 Å². The number of aliphatic hydroxyl groups excluding tert-OH is 1.